The smallest absolute Gasteiger partial charge is 0.387 e. The Labute approximate surface area is 118 Å². The van der Waals surface area contributed by atoms with Gasteiger partial charge in [0.1, 0.15) is 11.5 Å². The lowest BCUT2D eigenvalue weighted by molar-refractivity contribution is -0.0498. The first kappa shape index (κ1) is 16.0. The summed E-state index contributed by atoms with van der Waals surface area (Å²) < 4.78 is 32.4. The molecule has 0 aliphatic heterocycles. The Hall–Kier alpha value is -2.10. The first-order valence-electron chi connectivity index (χ1n) is 6.14. The van der Waals surface area contributed by atoms with E-state index in [4.69, 9.17) is 4.74 Å². The molecule has 0 amide bonds. The van der Waals surface area contributed by atoms with Crippen LogP contribution in [0.1, 0.15) is 11.1 Å². The van der Waals surface area contributed by atoms with Crippen LogP contribution in [0.2, 0.25) is 0 Å². The summed E-state index contributed by atoms with van der Waals surface area (Å²) in [5, 5.41) is 0. The van der Waals surface area contributed by atoms with E-state index in [0.29, 0.717) is 0 Å². The summed E-state index contributed by atoms with van der Waals surface area (Å²) in [6.45, 7) is 1.17. The molecule has 0 N–H and O–H groups in total. The van der Waals surface area contributed by atoms with Crippen molar-refractivity contribution in [2.45, 2.75) is 20.5 Å². The molecule has 0 heterocycles. The van der Waals surface area contributed by atoms with Gasteiger partial charge < -0.3 is 9.47 Å². The summed E-state index contributed by atoms with van der Waals surface area (Å²) >= 11 is 0. The van der Waals surface area contributed by atoms with E-state index in [1.807, 2.05) is 38.1 Å². The molecular formula is C16H18F2O2. The minimum absolute atomic E-state index is 0.200. The van der Waals surface area contributed by atoms with Gasteiger partial charge in [0.15, 0.2) is 0 Å². The van der Waals surface area contributed by atoms with Gasteiger partial charge in [-0.15, -0.1) is 0 Å². The van der Waals surface area contributed by atoms with Crippen molar-refractivity contribution in [3.8, 4) is 11.5 Å². The van der Waals surface area contributed by atoms with Gasteiger partial charge in [-0.2, -0.15) is 8.78 Å². The van der Waals surface area contributed by atoms with Crippen molar-refractivity contribution in [3.63, 3.8) is 0 Å². The van der Waals surface area contributed by atoms with Crippen LogP contribution in [0.4, 0.5) is 8.78 Å². The first-order valence-corrected chi connectivity index (χ1v) is 6.14. The summed E-state index contributed by atoms with van der Waals surface area (Å²) in [4.78, 5) is 0. The Kier molecular flexibility index (Phi) is 6.50. The van der Waals surface area contributed by atoms with Crippen LogP contribution in [0.3, 0.4) is 0 Å². The molecule has 0 aliphatic carbocycles. The van der Waals surface area contributed by atoms with Crippen LogP contribution < -0.4 is 9.47 Å². The van der Waals surface area contributed by atoms with Crippen molar-refractivity contribution in [3.05, 3.63) is 59.7 Å². The van der Waals surface area contributed by atoms with Crippen molar-refractivity contribution >= 4 is 0 Å². The fourth-order valence-electron chi connectivity index (χ4n) is 1.51. The van der Waals surface area contributed by atoms with E-state index in [9.17, 15) is 8.78 Å². The maximum absolute atomic E-state index is 11.6. The first-order chi connectivity index (χ1) is 9.52. The van der Waals surface area contributed by atoms with Crippen LogP contribution in [-0.2, 0) is 0 Å². The molecule has 0 saturated carbocycles. The molecular weight excluding hydrogens is 262 g/mol. The maximum Gasteiger partial charge on any atom is 0.387 e. The van der Waals surface area contributed by atoms with Gasteiger partial charge >= 0.3 is 6.61 Å². The Morgan fingerprint density at radius 3 is 1.95 bits per heavy atom. The SMILES string of the molecule is COc1ccccc1C.Cc1ccc(OC(F)F)cc1. The number of hydrogen-bond donors (Lipinski definition) is 0. The lowest BCUT2D eigenvalue weighted by Gasteiger charge is -2.02. The molecule has 0 spiro atoms. The lowest BCUT2D eigenvalue weighted by atomic mass is 10.2. The molecule has 20 heavy (non-hydrogen) atoms. The van der Waals surface area contributed by atoms with E-state index < -0.39 is 6.61 Å². The molecule has 0 unspecified atom stereocenters. The minimum Gasteiger partial charge on any atom is -0.496 e. The zero-order chi connectivity index (χ0) is 15.0. The van der Waals surface area contributed by atoms with Crippen LogP contribution in [0.25, 0.3) is 0 Å². The number of halogens is 2. The van der Waals surface area contributed by atoms with Gasteiger partial charge in [0, 0.05) is 0 Å². The Balaban J connectivity index is 0.000000204. The number of alkyl halides is 2. The second-order valence-electron chi connectivity index (χ2n) is 4.16. The molecule has 2 rings (SSSR count). The van der Waals surface area contributed by atoms with E-state index in [-0.39, 0.29) is 5.75 Å². The number of ether oxygens (including phenoxy) is 2. The molecule has 0 aromatic heterocycles. The Morgan fingerprint density at radius 1 is 0.900 bits per heavy atom. The van der Waals surface area contributed by atoms with E-state index in [1.165, 1.54) is 17.7 Å². The van der Waals surface area contributed by atoms with E-state index in [1.54, 1.807) is 19.2 Å². The maximum atomic E-state index is 11.6. The van der Waals surface area contributed by atoms with Gasteiger partial charge in [-0.05, 0) is 37.6 Å². The van der Waals surface area contributed by atoms with Crippen LogP contribution in [0.5, 0.6) is 11.5 Å². The molecule has 0 fully saturated rings. The molecule has 0 radical (unpaired) electrons. The molecule has 2 aromatic carbocycles. The van der Waals surface area contributed by atoms with Gasteiger partial charge in [-0.1, -0.05) is 35.9 Å². The highest BCUT2D eigenvalue weighted by atomic mass is 19.3. The predicted octanol–water partition coefficient (Wildman–Crippen LogP) is 4.60. The van der Waals surface area contributed by atoms with Gasteiger partial charge in [0.25, 0.3) is 0 Å². The molecule has 2 aromatic rings. The molecule has 108 valence electrons. The number of para-hydroxylation sites is 1. The number of benzene rings is 2. The highest BCUT2D eigenvalue weighted by Crippen LogP contribution is 2.14. The third kappa shape index (κ3) is 5.69. The third-order valence-electron chi connectivity index (χ3n) is 2.56. The molecule has 0 aliphatic rings. The number of hydrogen-bond acceptors (Lipinski definition) is 2. The monoisotopic (exact) mass is 280 g/mol. The summed E-state index contributed by atoms with van der Waals surface area (Å²) in [5.41, 5.74) is 2.20. The highest BCUT2D eigenvalue weighted by Gasteiger charge is 2.01. The molecule has 2 nitrogen and oxygen atoms in total. The fraction of sp³-hybridized carbons (Fsp3) is 0.250. The third-order valence-corrected chi connectivity index (χ3v) is 2.56. The van der Waals surface area contributed by atoms with Crippen molar-refractivity contribution in [2.24, 2.45) is 0 Å². The van der Waals surface area contributed by atoms with Crippen molar-refractivity contribution < 1.29 is 18.3 Å². The van der Waals surface area contributed by atoms with Crippen molar-refractivity contribution in [2.75, 3.05) is 7.11 Å². The van der Waals surface area contributed by atoms with Gasteiger partial charge in [-0.25, -0.2) is 0 Å². The van der Waals surface area contributed by atoms with Crippen LogP contribution >= 0.6 is 0 Å². The van der Waals surface area contributed by atoms with E-state index >= 15 is 0 Å². The topological polar surface area (TPSA) is 18.5 Å². The highest BCUT2D eigenvalue weighted by molar-refractivity contribution is 5.31. The summed E-state index contributed by atoms with van der Waals surface area (Å²) in [6.07, 6.45) is 0. The summed E-state index contributed by atoms with van der Waals surface area (Å²) in [7, 11) is 1.68. The Morgan fingerprint density at radius 2 is 1.50 bits per heavy atom. The van der Waals surface area contributed by atoms with Crippen LogP contribution in [0.15, 0.2) is 48.5 Å². The standard InChI is InChI=1S/C8H8F2O.C8H10O/c1-6-2-4-7(5-3-6)11-8(9)10;1-7-5-3-4-6-8(7)9-2/h2-5,8H,1H3;3-6H,1-2H3. The lowest BCUT2D eigenvalue weighted by Crippen LogP contribution is -2.01. The zero-order valence-corrected chi connectivity index (χ0v) is 11.8. The molecule has 0 saturated heterocycles. The normalized spacial score (nSPS) is 9.70. The summed E-state index contributed by atoms with van der Waals surface area (Å²) in [6, 6.07) is 14.4. The van der Waals surface area contributed by atoms with Gasteiger partial charge in [0.05, 0.1) is 7.11 Å². The van der Waals surface area contributed by atoms with Crippen molar-refractivity contribution in [1.82, 2.24) is 0 Å². The second kappa shape index (κ2) is 8.15. The zero-order valence-electron chi connectivity index (χ0n) is 11.8. The van der Waals surface area contributed by atoms with Crippen LogP contribution in [-0.4, -0.2) is 13.7 Å². The summed E-state index contributed by atoms with van der Waals surface area (Å²) in [5.74, 6) is 1.16. The van der Waals surface area contributed by atoms with Gasteiger partial charge in [0.2, 0.25) is 0 Å². The van der Waals surface area contributed by atoms with E-state index in [2.05, 4.69) is 4.74 Å². The average molecular weight is 280 g/mol. The minimum atomic E-state index is -2.74. The predicted molar refractivity (Wildman–Crippen MR) is 75.5 cm³/mol. The number of methoxy groups -OCH3 is 1. The number of rotatable bonds is 3. The molecule has 0 bridgehead atoms. The van der Waals surface area contributed by atoms with Crippen molar-refractivity contribution in [1.29, 1.82) is 0 Å². The second-order valence-corrected chi connectivity index (χ2v) is 4.16. The number of aryl methyl sites for hydroxylation is 2. The van der Waals surface area contributed by atoms with Gasteiger partial charge in [-0.3, -0.25) is 0 Å². The van der Waals surface area contributed by atoms with Crippen LogP contribution in [0, 0.1) is 13.8 Å². The average Bonchev–Trinajstić information content (AvgIpc) is 2.42. The largest absolute Gasteiger partial charge is 0.496 e. The fourth-order valence-corrected chi connectivity index (χ4v) is 1.51. The molecule has 0 atom stereocenters. The molecule has 4 heteroatoms. The quantitative estimate of drug-likeness (QED) is 0.818. The van der Waals surface area contributed by atoms with E-state index in [0.717, 1.165) is 11.3 Å². The Bertz CT molecular complexity index is 510.